The summed E-state index contributed by atoms with van der Waals surface area (Å²) in [6.45, 7) is 0. The highest BCUT2D eigenvalue weighted by Crippen LogP contribution is 2.56. The fourth-order valence-corrected chi connectivity index (χ4v) is 5.84. The van der Waals surface area contributed by atoms with E-state index in [2.05, 4.69) is 49.6 Å². The average molecular weight is 362 g/mol. The standard InChI is InChI=1S/C17H20BrN3O/c18-12-1-2-13-14(5-12)20-21-16(13)19-15-10-3-9-4-11(15)8-17(22,6-9)7-10/h1-2,5,9-11,15,22H,3-4,6-8H2,(H2,19,20,21). The molecule has 0 amide bonds. The molecule has 116 valence electrons. The van der Waals surface area contributed by atoms with Crippen molar-refractivity contribution in [3.05, 3.63) is 22.7 Å². The zero-order chi connectivity index (χ0) is 14.9. The number of rotatable bonds is 2. The summed E-state index contributed by atoms with van der Waals surface area (Å²) in [5.41, 5.74) is 0.687. The SMILES string of the molecule is OC12CC3CC(C1)C(Nc1n[nH]c4cc(Br)ccc14)C(C3)C2. The second-order valence-corrected chi connectivity index (χ2v) is 8.54. The van der Waals surface area contributed by atoms with Gasteiger partial charge in [-0.1, -0.05) is 15.9 Å². The maximum Gasteiger partial charge on any atom is 0.155 e. The number of hydrogen-bond donors (Lipinski definition) is 3. The molecule has 0 spiro atoms. The van der Waals surface area contributed by atoms with Gasteiger partial charge in [-0.3, -0.25) is 5.10 Å². The fraction of sp³-hybridized carbons (Fsp3) is 0.588. The number of H-pyrrole nitrogens is 1. The number of nitrogens with one attached hydrogen (secondary N) is 2. The number of benzene rings is 1. The minimum absolute atomic E-state index is 0.368. The van der Waals surface area contributed by atoms with E-state index in [9.17, 15) is 5.11 Å². The summed E-state index contributed by atoms with van der Waals surface area (Å²) in [7, 11) is 0. The van der Waals surface area contributed by atoms with Crippen LogP contribution < -0.4 is 5.32 Å². The minimum atomic E-state index is -0.368. The summed E-state index contributed by atoms with van der Waals surface area (Å²) in [6, 6.07) is 6.69. The third-order valence-corrected chi connectivity index (χ3v) is 6.56. The first kappa shape index (κ1) is 13.4. The number of aromatic nitrogens is 2. The largest absolute Gasteiger partial charge is 0.390 e. The zero-order valence-electron chi connectivity index (χ0n) is 12.3. The second-order valence-electron chi connectivity index (χ2n) is 7.63. The predicted octanol–water partition coefficient (Wildman–Crippen LogP) is 3.68. The highest BCUT2D eigenvalue weighted by Gasteiger charge is 2.54. The van der Waals surface area contributed by atoms with E-state index < -0.39 is 0 Å². The molecule has 1 aromatic carbocycles. The number of fused-ring (bicyclic) bond motifs is 1. The van der Waals surface area contributed by atoms with Crippen LogP contribution in [0.1, 0.15) is 32.1 Å². The van der Waals surface area contributed by atoms with Crippen LogP contribution >= 0.6 is 15.9 Å². The average Bonchev–Trinajstić information content (AvgIpc) is 2.83. The lowest BCUT2D eigenvalue weighted by atomic mass is 9.52. The fourth-order valence-electron chi connectivity index (χ4n) is 5.48. The molecule has 5 heteroatoms. The number of anilines is 1. The number of aliphatic hydroxyl groups is 1. The summed E-state index contributed by atoms with van der Waals surface area (Å²) < 4.78 is 1.06. The van der Waals surface area contributed by atoms with E-state index in [1.165, 1.54) is 12.8 Å². The molecule has 22 heavy (non-hydrogen) atoms. The normalized spacial score (nSPS) is 39.5. The van der Waals surface area contributed by atoms with Crippen molar-refractivity contribution in [3.8, 4) is 0 Å². The number of hydrogen-bond acceptors (Lipinski definition) is 3. The Morgan fingerprint density at radius 2 is 2.00 bits per heavy atom. The Bertz CT molecular complexity index is 727. The molecule has 4 nitrogen and oxygen atoms in total. The molecule has 3 N–H and O–H groups in total. The molecule has 1 aromatic heterocycles. The van der Waals surface area contributed by atoms with Crippen molar-refractivity contribution in [2.45, 2.75) is 43.7 Å². The van der Waals surface area contributed by atoms with Crippen LogP contribution in [0.3, 0.4) is 0 Å². The van der Waals surface area contributed by atoms with Gasteiger partial charge in [0.25, 0.3) is 0 Å². The zero-order valence-corrected chi connectivity index (χ0v) is 13.9. The Morgan fingerprint density at radius 3 is 2.73 bits per heavy atom. The Balaban J connectivity index is 1.46. The molecule has 0 saturated heterocycles. The molecule has 4 fully saturated rings. The quantitative estimate of drug-likeness (QED) is 0.764. The van der Waals surface area contributed by atoms with Crippen LogP contribution in [-0.2, 0) is 0 Å². The lowest BCUT2D eigenvalue weighted by Gasteiger charge is -2.58. The van der Waals surface area contributed by atoms with E-state index >= 15 is 0 Å². The minimum Gasteiger partial charge on any atom is -0.390 e. The Labute approximate surface area is 137 Å². The van der Waals surface area contributed by atoms with Crippen molar-refractivity contribution in [1.29, 1.82) is 0 Å². The maximum atomic E-state index is 10.7. The van der Waals surface area contributed by atoms with Gasteiger partial charge < -0.3 is 10.4 Å². The molecule has 6 rings (SSSR count). The third-order valence-electron chi connectivity index (χ3n) is 6.07. The van der Waals surface area contributed by atoms with Crippen LogP contribution in [0.15, 0.2) is 22.7 Å². The van der Waals surface area contributed by atoms with E-state index in [1.807, 2.05) is 0 Å². The van der Waals surface area contributed by atoms with E-state index in [0.29, 0.717) is 17.9 Å². The van der Waals surface area contributed by atoms with Gasteiger partial charge in [0, 0.05) is 15.9 Å². The van der Waals surface area contributed by atoms with Gasteiger partial charge in [0.15, 0.2) is 5.82 Å². The van der Waals surface area contributed by atoms with Gasteiger partial charge in [0.2, 0.25) is 0 Å². The monoisotopic (exact) mass is 361 g/mol. The summed E-state index contributed by atoms with van der Waals surface area (Å²) in [5.74, 6) is 2.90. The van der Waals surface area contributed by atoms with Gasteiger partial charge in [-0.25, -0.2) is 0 Å². The number of halogens is 1. The Kier molecular flexibility index (Phi) is 2.72. The van der Waals surface area contributed by atoms with Gasteiger partial charge in [0.05, 0.1) is 11.1 Å². The molecule has 2 unspecified atom stereocenters. The van der Waals surface area contributed by atoms with Crippen LogP contribution in [0.5, 0.6) is 0 Å². The molecule has 4 aliphatic carbocycles. The molecule has 0 radical (unpaired) electrons. The second kappa shape index (κ2) is 4.48. The van der Waals surface area contributed by atoms with Crippen LogP contribution in [0.25, 0.3) is 10.9 Å². The molecular weight excluding hydrogens is 342 g/mol. The topological polar surface area (TPSA) is 60.9 Å². The van der Waals surface area contributed by atoms with Gasteiger partial charge in [-0.05, 0) is 68.1 Å². The molecule has 0 aliphatic heterocycles. The van der Waals surface area contributed by atoms with Crippen LogP contribution in [0.2, 0.25) is 0 Å². The smallest absolute Gasteiger partial charge is 0.155 e. The number of nitrogens with zero attached hydrogens (tertiary/aromatic N) is 1. The molecule has 4 saturated carbocycles. The van der Waals surface area contributed by atoms with Crippen LogP contribution in [0, 0.1) is 17.8 Å². The summed E-state index contributed by atoms with van der Waals surface area (Å²) in [5, 5.41) is 23.2. The lowest BCUT2D eigenvalue weighted by molar-refractivity contribution is -0.129. The first-order valence-corrected chi connectivity index (χ1v) is 9.01. The Morgan fingerprint density at radius 1 is 1.23 bits per heavy atom. The van der Waals surface area contributed by atoms with Crippen molar-refractivity contribution < 1.29 is 5.11 Å². The van der Waals surface area contributed by atoms with E-state index in [0.717, 1.165) is 46.4 Å². The highest BCUT2D eigenvalue weighted by molar-refractivity contribution is 9.10. The molecule has 2 aromatic rings. The molecule has 1 heterocycles. The highest BCUT2D eigenvalue weighted by atomic mass is 79.9. The van der Waals surface area contributed by atoms with Crippen molar-refractivity contribution in [1.82, 2.24) is 10.2 Å². The van der Waals surface area contributed by atoms with Gasteiger partial charge in [0.1, 0.15) is 0 Å². The third kappa shape index (κ3) is 1.95. The summed E-state index contributed by atoms with van der Waals surface area (Å²) >= 11 is 3.50. The molecule has 4 bridgehead atoms. The van der Waals surface area contributed by atoms with E-state index in [1.54, 1.807) is 0 Å². The van der Waals surface area contributed by atoms with Crippen molar-refractivity contribution in [2.75, 3.05) is 5.32 Å². The van der Waals surface area contributed by atoms with E-state index in [4.69, 9.17) is 0 Å². The summed E-state index contributed by atoms with van der Waals surface area (Å²) in [6.07, 6.45) is 5.50. The van der Waals surface area contributed by atoms with Crippen molar-refractivity contribution in [2.24, 2.45) is 17.8 Å². The van der Waals surface area contributed by atoms with Crippen LogP contribution in [0.4, 0.5) is 5.82 Å². The lowest BCUT2D eigenvalue weighted by Crippen LogP contribution is -2.59. The molecule has 2 atom stereocenters. The molecule has 4 aliphatic rings. The Hall–Kier alpha value is -1.07. The summed E-state index contributed by atoms with van der Waals surface area (Å²) in [4.78, 5) is 0. The van der Waals surface area contributed by atoms with Gasteiger partial charge >= 0.3 is 0 Å². The maximum absolute atomic E-state index is 10.7. The molecular formula is C17H20BrN3O. The van der Waals surface area contributed by atoms with Crippen molar-refractivity contribution in [3.63, 3.8) is 0 Å². The first-order valence-electron chi connectivity index (χ1n) is 8.22. The van der Waals surface area contributed by atoms with Crippen LogP contribution in [-0.4, -0.2) is 26.9 Å². The van der Waals surface area contributed by atoms with Gasteiger partial charge in [-0.15, -0.1) is 0 Å². The van der Waals surface area contributed by atoms with Gasteiger partial charge in [-0.2, -0.15) is 5.10 Å². The predicted molar refractivity (Wildman–Crippen MR) is 89.7 cm³/mol. The number of aromatic amines is 1. The van der Waals surface area contributed by atoms with Crippen molar-refractivity contribution >= 4 is 32.7 Å². The van der Waals surface area contributed by atoms with E-state index in [-0.39, 0.29) is 5.60 Å². The first-order chi connectivity index (χ1) is 10.6.